The summed E-state index contributed by atoms with van der Waals surface area (Å²) in [4.78, 5) is 23.2. The van der Waals surface area contributed by atoms with Crippen LogP contribution in [0.5, 0.6) is 0 Å². The number of benzene rings is 1. The molecule has 1 saturated heterocycles. The Bertz CT molecular complexity index is 982. The molecule has 134 valence electrons. The Hall–Kier alpha value is -3.30. The molecule has 0 spiro atoms. The van der Waals surface area contributed by atoms with Crippen LogP contribution < -0.4 is 9.80 Å². The number of piperazine rings is 1. The Kier molecular flexibility index (Phi) is 3.86. The zero-order valence-electron chi connectivity index (χ0n) is 14.0. The van der Waals surface area contributed by atoms with Gasteiger partial charge in [-0.3, -0.25) is 10.1 Å². The van der Waals surface area contributed by atoms with E-state index in [4.69, 9.17) is 0 Å². The lowest BCUT2D eigenvalue weighted by Crippen LogP contribution is -2.47. The molecule has 0 aliphatic carbocycles. The first-order valence-corrected chi connectivity index (χ1v) is 8.14. The number of nitro groups is 1. The van der Waals surface area contributed by atoms with E-state index in [0.29, 0.717) is 37.6 Å². The van der Waals surface area contributed by atoms with E-state index in [1.54, 1.807) is 4.52 Å². The minimum atomic E-state index is -0.484. The number of aromatic nitrogens is 4. The van der Waals surface area contributed by atoms with Crippen LogP contribution in [0.4, 0.5) is 21.6 Å². The highest BCUT2D eigenvalue weighted by molar-refractivity contribution is 5.64. The topological polar surface area (TPSA) is 92.7 Å². The smallest absolute Gasteiger partial charge is 0.292 e. The maximum Gasteiger partial charge on any atom is 0.292 e. The van der Waals surface area contributed by atoms with Gasteiger partial charge in [-0.15, -0.1) is 0 Å². The standard InChI is InChI=1S/C16H16FN7O2/c1-11-8-15(23-16(20-11)18-10-19-23)22-6-4-21(5-7-22)14-9-12(17)2-3-13(14)24(25)26/h2-3,8-10H,4-7H2,1H3. The van der Waals surface area contributed by atoms with Crippen LogP contribution in [0.1, 0.15) is 5.69 Å². The second kappa shape index (κ2) is 6.21. The van der Waals surface area contributed by atoms with E-state index in [-0.39, 0.29) is 5.69 Å². The monoisotopic (exact) mass is 357 g/mol. The van der Waals surface area contributed by atoms with E-state index in [1.165, 1.54) is 18.5 Å². The van der Waals surface area contributed by atoms with Crippen molar-refractivity contribution in [2.75, 3.05) is 36.0 Å². The number of nitro benzene ring substituents is 1. The summed E-state index contributed by atoms with van der Waals surface area (Å²) in [5.74, 6) is 0.920. The molecule has 0 radical (unpaired) electrons. The Morgan fingerprint density at radius 2 is 1.88 bits per heavy atom. The fourth-order valence-electron chi connectivity index (χ4n) is 3.22. The highest BCUT2D eigenvalue weighted by Crippen LogP contribution is 2.30. The highest BCUT2D eigenvalue weighted by Gasteiger charge is 2.25. The van der Waals surface area contributed by atoms with Gasteiger partial charge in [-0.2, -0.15) is 14.6 Å². The van der Waals surface area contributed by atoms with Gasteiger partial charge in [0.25, 0.3) is 11.5 Å². The molecule has 26 heavy (non-hydrogen) atoms. The first kappa shape index (κ1) is 16.2. The Balaban J connectivity index is 1.59. The summed E-state index contributed by atoms with van der Waals surface area (Å²) in [6.07, 6.45) is 1.46. The summed E-state index contributed by atoms with van der Waals surface area (Å²) in [5.41, 5.74) is 1.06. The molecule has 9 nitrogen and oxygen atoms in total. The number of fused-ring (bicyclic) bond motifs is 1. The molecule has 1 aliphatic heterocycles. The Morgan fingerprint density at radius 3 is 2.62 bits per heavy atom. The summed E-state index contributed by atoms with van der Waals surface area (Å²) in [6, 6.07) is 5.48. The number of halogens is 1. The lowest BCUT2D eigenvalue weighted by Gasteiger charge is -2.36. The van der Waals surface area contributed by atoms with Crippen molar-refractivity contribution in [3.63, 3.8) is 0 Å². The molecule has 0 saturated carbocycles. The van der Waals surface area contributed by atoms with E-state index >= 15 is 0 Å². The van der Waals surface area contributed by atoms with E-state index in [0.717, 1.165) is 17.6 Å². The van der Waals surface area contributed by atoms with Gasteiger partial charge in [-0.25, -0.2) is 9.37 Å². The van der Waals surface area contributed by atoms with Gasteiger partial charge >= 0.3 is 0 Å². The van der Waals surface area contributed by atoms with Crippen LogP contribution in [0.15, 0.2) is 30.6 Å². The van der Waals surface area contributed by atoms with Crippen molar-refractivity contribution in [2.24, 2.45) is 0 Å². The average molecular weight is 357 g/mol. The van der Waals surface area contributed by atoms with Crippen molar-refractivity contribution >= 4 is 23.0 Å². The molecule has 0 N–H and O–H groups in total. The van der Waals surface area contributed by atoms with Gasteiger partial charge in [0, 0.05) is 50.1 Å². The molecular weight excluding hydrogens is 341 g/mol. The van der Waals surface area contributed by atoms with Gasteiger partial charge in [0.2, 0.25) is 0 Å². The molecule has 0 unspecified atom stereocenters. The summed E-state index contributed by atoms with van der Waals surface area (Å²) in [7, 11) is 0. The second-order valence-corrected chi connectivity index (χ2v) is 6.09. The van der Waals surface area contributed by atoms with Crippen LogP contribution >= 0.6 is 0 Å². The first-order valence-electron chi connectivity index (χ1n) is 8.14. The summed E-state index contributed by atoms with van der Waals surface area (Å²) >= 11 is 0. The number of hydrogen-bond acceptors (Lipinski definition) is 7. The zero-order valence-corrected chi connectivity index (χ0v) is 14.0. The summed E-state index contributed by atoms with van der Waals surface area (Å²) in [5, 5.41) is 15.4. The van der Waals surface area contributed by atoms with Gasteiger partial charge < -0.3 is 9.80 Å². The molecule has 0 atom stereocenters. The summed E-state index contributed by atoms with van der Waals surface area (Å²) < 4.78 is 15.3. The van der Waals surface area contributed by atoms with Gasteiger partial charge in [0.1, 0.15) is 23.6 Å². The predicted molar refractivity (Wildman–Crippen MR) is 93.0 cm³/mol. The predicted octanol–water partition coefficient (Wildman–Crippen LogP) is 1.81. The van der Waals surface area contributed by atoms with E-state index < -0.39 is 10.7 Å². The number of aryl methyl sites for hydroxylation is 1. The van der Waals surface area contributed by atoms with Crippen molar-refractivity contribution in [1.29, 1.82) is 0 Å². The van der Waals surface area contributed by atoms with Crippen LogP contribution in [0.2, 0.25) is 0 Å². The minimum Gasteiger partial charge on any atom is -0.362 e. The lowest BCUT2D eigenvalue weighted by molar-refractivity contribution is -0.384. The second-order valence-electron chi connectivity index (χ2n) is 6.09. The SMILES string of the molecule is Cc1cc(N2CCN(c3cc(F)ccc3[N+](=O)[O-])CC2)n2ncnc2n1. The molecule has 3 aromatic rings. The van der Waals surface area contributed by atoms with Crippen LogP contribution in [-0.2, 0) is 0 Å². The molecule has 1 aromatic carbocycles. The van der Waals surface area contributed by atoms with Gasteiger partial charge in [-0.1, -0.05) is 0 Å². The quantitative estimate of drug-likeness (QED) is 0.521. The van der Waals surface area contributed by atoms with Crippen molar-refractivity contribution in [2.45, 2.75) is 6.92 Å². The lowest BCUT2D eigenvalue weighted by atomic mass is 10.2. The fraction of sp³-hybridized carbons (Fsp3) is 0.312. The molecule has 4 rings (SSSR count). The van der Waals surface area contributed by atoms with E-state index in [1.807, 2.05) is 17.9 Å². The summed E-state index contributed by atoms with van der Waals surface area (Å²) in [6.45, 7) is 4.19. The molecule has 0 amide bonds. The third-order valence-corrected chi connectivity index (χ3v) is 4.44. The van der Waals surface area contributed by atoms with Crippen molar-refractivity contribution < 1.29 is 9.31 Å². The third kappa shape index (κ3) is 2.79. The average Bonchev–Trinajstić information content (AvgIpc) is 3.09. The Labute approximate surface area is 147 Å². The molecular formula is C16H16FN7O2. The van der Waals surface area contributed by atoms with Gasteiger partial charge in [0.15, 0.2) is 0 Å². The Morgan fingerprint density at radius 1 is 1.15 bits per heavy atom. The van der Waals surface area contributed by atoms with Crippen molar-refractivity contribution in [3.05, 3.63) is 52.2 Å². The van der Waals surface area contributed by atoms with Gasteiger partial charge in [-0.05, 0) is 13.0 Å². The van der Waals surface area contributed by atoms with Crippen molar-refractivity contribution in [1.82, 2.24) is 19.6 Å². The zero-order chi connectivity index (χ0) is 18.3. The van der Waals surface area contributed by atoms with Crippen LogP contribution in [0.3, 0.4) is 0 Å². The first-order chi connectivity index (χ1) is 12.5. The molecule has 1 aliphatic rings. The minimum absolute atomic E-state index is 0.0849. The third-order valence-electron chi connectivity index (χ3n) is 4.44. The number of hydrogen-bond donors (Lipinski definition) is 0. The van der Waals surface area contributed by atoms with Crippen LogP contribution in [0, 0.1) is 22.9 Å². The number of nitrogens with zero attached hydrogens (tertiary/aromatic N) is 7. The largest absolute Gasteiger partial charge is 0.362 e. The number of anilines is 2. The normalized spacial score (nSPS) is 14.8. The van der Waals surface area contributed by atoms with Gasteiger partial charge in [0.05, 0.1) is 4.92 Å². The van der Waals surface area contributed by atoms with E-state index in [9.17, 15) is 14.5 Å². The maximum atomic E-state index is 13.6. The molecule has 0 bridgehead atoms. The van der Waals surface area contributed by atoms with Crippen LogP contribution in [-0.4, -0.2) is 50.7 Å². The fourth-order valence-corrected chi connectivity index (χ4v) is 3.22. The molecule has 2 aromatic heterocycles. The van der Waals surface area contributed by atoms with Crippen LogP contribution in [0.25, 0.3) is 5.78 Å². The van der Waals surface area contributed by atoms with E-state index in [2.05, 4.69) is 20.0 Å². The maximum absolute atomic E-state index is 13.6. The molecule has 10 heteroatoms. The number of rotatable bonds is 3. The highest BCUT2D eigenvalue weighted by atomic mass is 19.1. The van der Waals surface area contributed by atoms with Crippen molar-refractivity contribution in [3.8, 4) is 0 Å². The molecule has 3 heterocycles. The molecule has 1 fully saturated rings.